The molecule has 0 fully saturated rings. The first-order chi connectivity index (χ1) is 14.0. The van der Waals surface area contributed by atoms with Gasteiger partial charge in [-0.05, 0) is 63.8 Å². The number of anilines is 1. The van der Waals surface area contributed by atoms with E-state index in [-0.39, 0.29) is 5.91 Å². The van der Waals surface area contributed by atoms with Crippen LogP contribution in [0.3, 0.4) is 0 Å². The number of halogens is 1. The van der Waals surface area contributed by atoms with Crippen molar-refractivity contribution < 1.29 is 4.79 Å². The molecule has 0 saturated carbocycles. The second-order valence-electron chi connectivity index (χ2n) is 7.14. The fraction of sp³-hybridized carbons (Fsp3) is 0.167. The van der Waals surface area contributed by atoms with Gasteiger partial charge >= 0.3 is 0 Å². The average Bonchev–Trinajstić information content (AvgIpc) is 3.03. The number of nitrogens with one attached hydrogen (secondary N) is 1. The van der Waals surface area contributed by atoms with E-state index in [4.69, 9.17) is 4.98 Å². The van der Waals surface area contributed by atoms with Crippen molar-refractivity contribution in [2.75, 3.05) is 5.32 Å². The number of benzene rings is 3. The maximum absolute atomic E-state index is 12.6. The smallest absolute Gasteiger partial charge is 0.229 e. The highest BCUT2D eigenvalue weighted by Gasteiger charge is 2.14. The molecule has 1 amide bonds. The molecule has 0 saturated heterocycles. The largest absolute Gasteiger partial charge is 0.325 e. The number of amides is 1. The predicted octanol–water partition coefficient (Wildman–Crippen LogP) is 6.45. The molecule has 0 aliphatic rings. The van der Waals surface area contributed by atoms with Gasteiger partial charge in [0.1, 0.15) is 0 Å². The van der Waals surface area contributed by atoms with E-state index in [9.17, 15) is 4.79 Å². The van der Waals surface area contributed by atoms with Gasteiger partial charge in [0.15, 0.2) is 0 Å². The van der Waals surface area contributed by atoms with Gasteiger partial charge in [0.2, 0.25) is 5.91 Å². The summed E-state index contributed by atoms with van der Waals surface area (Å²) in [5.41, 5.74) is 4.13. The summed E-state index contributed by atoms with van der Waals surface area (Å²) in [6.07, 6.45) is 1.11. The minimum Gasteiger partial charge on any atom is -0.325 e. The number of aromatic nitrogens is 1. The summed E-state index contributed by atoms with van der Waals surface area (Å²) in [7, 11) is 0. The van der Waals surface area contributed by atoms with Crippen molar-refractivity contribution in [1.82, 2.24) is 4.98 Å². The number of thiazole rings is 1. The van der Waals surface area contributed by atoms with Crippen molar-refractivity contribution in [3.63, 3.8) is 0 Å². The van der Waals surface area contributed by atoms with Gasteiger partial charge < -0.3 is 5.32 Å². The molecule has 4 aromatic rings. The van der Waals surface area contributed by atoms with Gasteiger partial charge in [-0.1, -0.05) is 48.5 Å². The van der Waals surface area contributed by atoms with Crippen LogP contribution in [0.2, 0.25) is 0 Å². The molecule has 4 rings (SSSR count). The van der Waals surface area contributed by atoms with E-state index >= 15 is 0 Å². The highest BCUT2D eigenvalue weighted by molar-refractivity contribution is 9.10. The van der Waals surface area contributed by atoms with Crippen molar-refractivity contribution in [2.24, 2.45) is 0 Å². The monoisotopic (exact) mass is 464 g/mol. The van der Waals surface area contributed by atoms with Crippen LogP contribution in [-0.2, 0) is 17.6 Å². The molecule has 0 radical (unpaired) electrons. The van der Waals surface area contributed by atoms with Crippen LogP contribution in [0.4, 0.5) is 5.69 Å². The third kappa shape index (κ3) is 4.57. The van der Waals surface area contributed by atoms with Crippen LogP contribution in [0.25, 0.3) is 10.8 Å². The number of aryl methyl sites for hydroxylation is 2. The first kappa shape index (κ1) is 19.8. The first-order valence-electron chi connectivity index (χ1n) is 9.47. The van der Waals surface area contributed by atoms with Gasteiger partial charge in [-0.25, -0.2) is 4.98 Å². The van der Waals surface area contributed by atoms with E-state index in [2.05, 4.69) is 63.7 Å². The van der Waals surface area contributed by atoms with E-state index in [1.165, 1.54) is 16.3 Å². The van der Waals surface area contributed by atoms with Gasteiger partial charge in [-0.3, -0.25) is 4.79 Å². The molecule has 0 unspecified atom stereocenters. The number of hydrogen-bond donors (Lipinski definition) is 1. The Hall–Kier alpha value is -2.50. The summed E-state index contributed by atoms with van der Waals surface area (Å²) in [4.78, 5) is 18.3. The maximum atomic E-state index is 12.6. The van der Waals surface area contributed by atoms with Gasteiger partial charge in [0.05, 0.1) is 22.8 Å². The van der Waals surface area contributed by atoms with Crippen molar-refractivity contribution in [1.29, 1.82) is 0 Å². The molecule has 3 nitrogen and oxygen atoms in total. The minimum atomic E-state index is -0.0296. The molecule has 0 aliphatic carbocycles. The Morgan fingerprint density at radius 2 is 1.86 bits per heavy atom. The minimum absolute atomic E-state index is 0.0296. The van der Waals surface area contributed by atoms with Crippen molar-refractivity contribution >= 4 is 49.6 Å². The normalized spacial score (nSPS) is 11.0. The molecule has 1 heterocycles. The van der Waals surface area contributed by atoms with Gasteiger partial charge in [0, 0.05) is 15.8 Å². The SMILES string of the molecule is Cc1ccc(NC(=O)Cc2sc(Cc3cccc4ccccc34)nc2C)c(Br)c1. The van der Waals surface area contributed by atoms with Crippen LogP contribution in [0.5, 0.6) is 0 Å². The van der Waals surface area contributed by atoms with E-state index in [0.29, 0.717) is 6.42 Å². The van der Waals surface area contributed by atoms with Crippen LogP contribution < -0.4 is 5.32 Å². The maximum Gasteiger partial charge on any atom is 0.229 e. The molecule has 1 N–H and O–H groups in total. The lowest BCUT2D eigenvalue weighted by Crippen LogP contribution is -2.14. The van der Waals surface area contributed by atoms with E-state index in [1.807, 2.05) is 32.0 Å². The molecule has 29 heavy (non-hydrogen) atoms. The Labute approximate surface area is 182 Å². The predicted molar refractivity (Wildman–Crippen MR) is 125 cm³/mol. The molecule has 1 aromatic heterocycles. The lowest BCUT2D eigenvalue weighted by atomic mass is 10.0. The Kier molecular flexibility index (Phi) is 5.79. The Morgan fingerprint density at radius 1 is 1.07 bits per heavy atom. The third-order valence-corrected chi connectivity index (χ3v) is 6.69. The second kappa shape index (κ2) is 8.47. The zero-order valence-corrected chi connectivity index (χ0v) is 18.7. The summed E-state index contributed by atoms with van der Waals surface area (Å²) < 4.78 is 0.892. The van der Waals surface area contributed by atoms with E-state index < -0.39 is 0 Å². The van der Waals surface area contributed by atoms with Gasteiger partial charge in [-0.2, -0.15) is 0 Å². The Morgan fingerprint density at radius 3 is 2.69 bits per heavy atom. The van der Waals surface area contributed by atoms with Crippen LogP contribution in [0, 0.1) is 13.8 Å². The fourth-order valence-corrected chi connectivity index (χ4v) is 5.08. The number of hydrogen-bond acceptors (Lipinski definition) is 3. The fourth-order valence-electron chi connectivity index (χ4n) is 3.40. The highest BCUT2D eigenvalue weighted by atomic mass is 79.9. The van der Waals surface area contributed by atoms with Crippen LogP contribution >= 0.6 is 27.3 Å². The molecule has 146 valence electrons. The summed E-state index contributed by atoms with van der Waals surface area (Å²) in [6.45, 7) is 4.00. The molecular weight excluding hydrogens is 444 g/mol. The van der Waals surface area contributed by atoms with Crippen molar-refractivity contribution in [3.05, 3.63) is 91.8 Å². The number of fused-ring (bicyclic) bond motifs is 1. The lowest BCUT2D eigenvalue weighted by molar-refractivity contribution is -0.115. The second-order valence-corrected chi connectivity index (χ2v) is 9.16. The molecule has 0 bridgehead atoms. The number of nitrogens with zero attached hydrogens (tertiary/aromatic N) is 1. The molecule has 0 atom stereocenters. The zero-order chi connectivity index (χ0) is 20.4. The van der Waals surface area contributed by atoms with E-state index in [1.54, 1.807) is 11.3 Å². The number of rotatable bonds is 5. The number of carbonyl (C=O) groups is 1. The highest BCUT2D eigenvalue weighted by Crippen LogP contribution is 2.27. The molecule has 5 heteroatoms. The quantitative estimate of drug-likeness (QED) is 0.368. The zero-order valence-electron chi connectivity index (χ0n) is 16.3. The van der Waals surface area contributed by atoms with Crippen LogP contribution in [0.15, 0.2) is 65.1 Å². The summed E-state index contributed by atoms with van der Waals surface area (Å²) in [5, 5.41) is 6.52. The first-order valence-corrected chi connectivity index (χ1v) is 11.1. The van der Waals surface area contributed by atoms with Crippen molar-refractivity contribution in [3.8, 4) is 0 Å². The molecule has 3 aromatic carbocycles. The lowest BCUT2D eigenvalue weighted by Gasteiger charge is -2.07. The third-order valence-electron chi connectivity index (χ3n) is 4.88. The average molecular weight is 465 g/mol. The van der Waals surface area contributed by atoms with Crippen LogP contribution in [-0.4, -0.2) is 10.9 Å². The van der Waals surface area contributed by atoms with E-state index in [0.717, 1.165) is 37.7 Å². The molecule has 0 aliphatic heterocycles. The number of carbonyl (C=O) groups excluding carboxylic acids is 1. The standard InChI is InChI=1S/C24H21BrN2OS/c1-15-10-11-21(20(25)12-15)27-23(28)14-22-16(2)26-24(29-22)13-18-8-5-7-17-6-3-4-9-19(17)18/h3-12H,13-14H2,1-2H3,(H,27,28). The summed E-state index contributed by atoms with van der Waals surface area (Å²) in [6, 6.07) is 20.7. The Balaban J connectivity index is 1.49. The summed E-state index contributed by atoms with van der Waals surface area (Å²) >= 11 is 5.14. The van der Waals surface area contributed by atoms with Crippen molar-refractivity contribution in [2.45, 2.75) is 26.7 Å². The topological polar surface area (TPSA) is 42.0 Å². The van der Waals surface area contributed by atoms with Gasteiger partial charge in [0.25, 0.3) is 0 Å². The molecular formula is C24H21BrN2OS. The Bertz CT molecular complexity index is 1190. The summed E-state index contributed by atoms with van der Waals surface area (Å²) in [5.74, 6) is -0.0296. The van der Waals surface area contributed by atoms with Gasteiger partial charge in [-0.15, -0.1) is 11.3 Å². The molecule has 0 spiro atoms. The van der Waals surface area contributed by atoms with Crippen LogP contribution in [0.1, 0.15) is 26.7 Å².